The maximum Gasteiger partial charge on any atom is 0.227 e. The van der Waals surface area contributed by atoms with Crippen LogP contribution in [0.5, 0.6) is 0 Å². The first-order valence-electron chi connectivity index (χ1n) is 8.97. The van der Waals surface area contributed by atoms with Crippen molar-refractivity contribution < 1.29 is 9.18 Å². The fraction of sp³-hybridized carbons (Fsp3) is 0.350. The van der Waals surface area contributed by atoms with Crippen LogP contribution in [0.15, 0.2) is 42.6 Å². The molecule has 1 fully saturated rings. The molecule has 1 atom stereocenters. The Labute approximate surface area is 151 Å². The second kappa shape index (κ2) is 6.86. The highest BCUT2D eigenvalue weighted by Crippen LogP contribution is 2.31. The van der Waals surface area contributed by atoms with Crippen molar-refractivity contribution in [1.29, 1.82) is 0 Å². The molecule has 1 amide bonds. The Morgan fingerprint density at radius 1 is 1.23 bits per heavy atom. The molecule has 1 aromatic carbocycles. The molecule has 5 nitrogen and oxygen atoms in total. The Morgan fingerprint density at radius 3 is 2.85 bits per heavy atom. The van der Waals surface area contributed by atoms with Crippen LogP contribution in [-0.4, -0.2) is 31.9 Å². The van der Waals surface area contributed by atoms with E-state index in [9.17, 15) is 9.18 Å². The van der Waals surface area contributed by atoms with Crippen LogP contribution in [0.25, 0.3) is 5.65 Å². The van der Waals surface area contributed by atoms with Gasteiger partial charge >= 0.3 is 0 Å². The third-order valence-electron chi connectivity index (χ3n) is 4.99. The lowest BCUT2D eigenvalue weighted by Gasteiger charge is -2.35. The quantitative estimate of drug-likeness (QED) is 0.725. The molecule has 26 heavy (non-hydrogen) atoms. The summed E-state index contributed by atoms with van der Waals surface area (Å²) in [5.41, 5.74) is 3.56. The van der Waals surface area contributed by atoms with Crippen LogP contribution in [0.1, 0.15) is 42.3 Å². The van der Waals surface area contributed by atoms with Crippen LogP contribution in [-0.2, 0) is 11.2 Å². The van der Waals surface area contributed by atoms with Gasteiger partial charge in [0.2, 0.25) is 5.91 Å². The number of carbonyl (C=O) groups excluding carboxylic acids is 1. The first-order chi connectivity index (χ1) is 12.6. The number of aryl methyl sites for hydroxylation is 1. The second-order valence-electron chi connectivity index (χ2n) is 6.83. The Balaban J connectivity index is 1.60. The Kier molecular flexibility index (Phi) is 4.41. The van der Waals surface area contributed by atoms with E-state index in [4.69, 9.17) is 4.98 Å². The topological polar surface area (TPSA) is 50.5 Å². The van der Waals surface area contributed by atoms with Crippen LogP contribution in [0, 0.1) is 12.7 Å². The van der Waals surface area contributed by atoms with E-state index in [1.165, 1.54) is 12.1 Å². The molecule has 6 heteroatoms. The molecule has 0 saturated carbocycles. The zero-order valence-corrected chi connectivity index (χ0v) is 14.7. The van der Waals surface area contributed by atoms with Gasteiger partial charge in [-0.3, -0.25) is 4.79 Å². The largest absolute Gasteiger partial charge is 0.334 e. The summed E-state index contributed by atoms with van der Waals surface area (Å²) >= 11 is 0. The minimum atomic E-state index is -0.286. The standard InChI is InChI=1S/C20H21FN4O/c1-14-12-17(23-19-9-10-22-25(14)19)18-4-2-3-11-24(18)20(26)13-15-5-7-16(21)8-6-15/h5-10,12,18H,2-4,11,13H2,1H3/t18-/m1/s1. The fourth-order valence-electron chi connectivity index (χ4n) is 3.68. The second-order valence-corrected chi connectivity index (χ2v) is 6.83. The Bertz CT molecular complexity index is 935. The molecule has 0 radical (unpaired) electrons. The van der Waals surface area contributed by atoms with E-state index in [2.05, 4.69) is 5.10 Å². The van der Waals surface area contributed by atoms with Gasteiger partial charge in [0.15, 0.2) is 5.65 Å². The van der Waals surface area contributed by atoms with E-state index in [0.29, 0.717) is 0 Å². The molecule has 0 spiro atoms. The van der Waals surface area contributed by atoms with Crippen LogP contribution in [0.4, 0.5) is 4.39 Å². The van der Waals surface area contributed by atoms with Gasteiger partial charge in [-0.25, -0.2) is 13.9 Å². The first-order valence-corrected chi connectivity index (χ1v) is 8.97. The lowest BCUT2D eigenvalue weighted by molar-refractivity contribution is -0.134. The number of benzene rings is 1. The third kappa shape index (κ3) is 3.19. The lowest BCUT2D eigenvalue weighted by Crippen LogP contribution is -2.39. The SMILES string of the molecule is Cc1cc([C@H]2CCCCN2C(=O)Cc2ccc(F)cc2)nc2ccnn12. The molecular weight excluding hydrogens is 331 g/mol. The molecular formula is C20H21FN4O. The van der Waals surface area contributed by atoms with E-state index in [-0.39, 0.29) is 24.2 Å². The molecule has 3 aromatic rings. The number of hydrogen-bond donors (Lipinski definition) is 0. The summed E-state index contributed by atoms with van der Waals surface area (Å²) in [5, 5.41) is 4.26. The molecule has 3 heterocycles. The predicted molar refractivity (Wildman–Crippen MR) is 96.1 cm³/mol. The highest BCUT2D eigenvalue weighted by atomic mass is 19.1. The van der Waals surface area contributed by atoms with Gasteiger partial charge in [0.1, 0.15) is 5.82 Å². The molecule has 4 rings (SSSR count). The normalized spacial score (nSPS) is 17.6. The number of piperidine rings is 1. The van der Waals surface area contributed by atoms with Crippen LogP contribution in [0.2, 0.25) is 0 Å². The smallest absolute Gasteiger partial charge is 0.227 e. The molecule has 2 aromatic heterocycles. The number of fused-ring (bicyclic) bond motifs is 1. The highest BCUT2D eigenvalue weighted by molar-refractivity contribution is 5.79. The minimum Gasteiger partial charge on any atom is -0.334 e. The van der Waals surface area contributed by atoms with Gasteiger partial charge in [-0.1, -0.05) is 12.1 Å². The Morgan fingerprint density at radius 2 is 2.04 bits per heavy atom. The molecule has 1 aliphatic heterocycles. The zero-order valence-electron chi connectivity index (χ0n) is 14.7. The molecule has 1 saturated heterocycles. The van der Waals surface area contributed by atoms with Crippen molar-refractivity contribution in [3.63, 3.8) is 0 Å². The van der Waals surface area contributed by atoms with Gasteiger partial charge in [0, 0.05) is 18.3 Å². The van der Waals surface area contributed by atoms with Gasteiger partial charge in [0.05, 0.1) is 24.4 Å². The van der Waals surface area contributed by atoms with Crippen molar-refractivity contribution in [3.8, 4) is 0 Å². The summed E-state index contributed by atoms with van der Waals surface area (Å²) in [6, 6.07) is 10.0. The summed E-state index contributed by atoms with van der Waals surface area (Å²) in [7, 11) is 0. The highest BCUT2D eigenvalue weighted by Gasteiger charge is 2.29. The summed E-state index contributed by atoms with van der Waals surface area (Å²) in [4.78, 5) is 19.6. The fourth-order valence-corrected chi connectivity index (χ4v) is 3.68. The van der Waals surface area contributed by atoms with E-state index >= 15 is 0 Å². The van der Waals surface area contributed by atoms with Crippen molar-refractivity contribution in [1.82, 2.24) is 19.5 Å². The van der Waals surface area contributed by atoms with Gasteiger partial charge in [-0.15, -0.1) is 0 Å². The lowest BCUT2D eigenvalue weighted by atomic mass is 9.97. The number of hydrogen-bond acceptors (Lipinski definition) is 3. The van der Waals surface area contributed by atoms with E-state index in [1.807, 2.05) is 24.0 Å². The number of nitrogens with zero attached hydrogens (tertiary/aromatic N) is 4. The average molecular weight is 352 g/mol. The third-order valence-corrected chi connectivity index (χ3v) is 4.99. The zero-order chi connectivity index (χ0) is 18.1. The van der Waals surface area contributed by atoms with Gasteiger partial charge in [-0.05, 0) is 49.9 Å². The molecule has 134 valence electrons. The monoisotopic (exact) mass is 352 g/mol. The maximum absolute atomic E-state index is 13.1. The Hall–Kier alpha value is -2.76. The van der Waals surface area contributed by atoms with E-state index in [1.54, 1.807) is 22.8 Å². The minimum absolute atomic E-state index is 0.0182. The van der Waals surface area contributed by atoms with Crippen molar-refractivity contribution in [2.24, 2.45) is 0 Å². The number of carbonyl (C=O) groups is 1. The summed E-state index contributed by atoms with van der Waals surface area (Å²) in [6.45, 7) is 2.73. The number of likely N-dealkylation sites (tertiary alicyclic amines) is 1. The van der Waals surface area contributed by atoms with Crippen molar-refractivity contribution in [2.75, 3.05) is 6.54 Å². The molecule has 0 bridgehead atoms. The average Bonchev–Trinajstić information content (AvgIpc) is 3.13. The predicted octanol–water partition coefficient (Wildman–Crippen LogP) is 3.47. The molecule has 0 N–H and O–H groups in total. The van der Waals surface area contributed by atoms with Gasteiger partial charge in [-0.2, -0.15) is 5.10 Å². The van der Waals surface area contributed by atoms with Crippen LogP contribution < -0.4 is 0 Å². The number of halogens is 1. The molecule has 1 aliphatic rings. The van der Waals surface area contributed by atoms with Crippen molar-refractivity contribution in [3.05, 3.63) is 65.4 Å². The summed E-state index contributed by atoms with van der Waals surface area (Å²) < 4.78 is 14.9. The van der Waals surface area contributed by atoms with Crippen molar-refractivity contribution in [2.45, 2.75) is 38.6 Å². The van der Waals surface area contributed by atoms with Crippen LogP contribution >= 0.6 is 0 Å². The number of rotatable bonds is 3. The van der Waals surface area contributed by atoms with E-state index in [0.717, 1.165) is 48.4 Å². The van der Waals surface area contributed by atoms with Crippen LogP contribution in [0.3, 0.4) is 0 Å². The number of amides is 1. The molecule has 0 unspecified atom stereocenters. The van der Waals surface area contributed by atoms with Gasteiger partial charge < -0.3 is 4.90 Å². The number of aromatic nitrogens is 3. The molecule has 0 aliphatic carbocycles. The van der Waals surface area contributed by atoms with E-state index < -0.39 is 0 Å². The van der Waals surface area contributed by atoms with Gasteiger partial charge in [0.25, 0.3) is 0 Å². The maximum atomic E-state index is 13.1. The van der Waals surface area contributed by atoms with Crippen molar-refractivity contribution >= 4 is 11.6 Å². The first kappa shape index (κ1) is 16.7. The summed E-state index contributed by atoms with van der Waals surface area (Å²) in [6.07, 6.45) is 5.00. The summed E-state index contributed by atoms with van der Waals surface area (Å²) in [5.74, 6) is -0.222.